The zero-order valence-corrected chi connectivity index (χ0v) is 19.3. The summed E-state index contributed by atoms with van der Waals surface area (Å²) in [5, 5.41) is 1.36. The molecule has 2 aromatic carbocycles. The molecule has 0 spiro atoms. The van der Waals surface area contributed by atoms with Crippen molar-refractivity contribution in [2.24, 2.45) is 11.6 Å². The highest BCUT2D eigenvalue weighted by atomic mass is 79.9. The van der Waals surface area contributed by atoms with Crippen LogP contribution in [0, 0.1) is 0 Å². The van der Waals surface area contributed by atoms with Crippen molar-refractivity contribution < 1.29 is 23.4 Å². The first-order chi connectivity index (χ1) is 15.4. The number of carbonyl (C=O) groups excluding carboxylic acids is 1. The highest BCUT2D eigenvalue weighted by molar-refractivity contribution is 9.10. The fourth-order valence-electron chi connectivity index (χ4n) is 3.04. The van der Waals surface area contributed by atoms with Gasteiger partial charge in [0.1, 0.15) is 27.9 Å². The maximum absolute atomic E-state index is 13.0. The van der Waals surface area contributed by atoms with E-state index in [4.69, 9.17) is 30.2 Å². The van der Waals surface area contributed by atoms with Gasteiger partial charge in [0.25, 0.3) is 11.7 Å². The summed E-state index contributed by atoms with van der Waals surface area (Å²) in [6.07, 6.45) is 3.33. The third-order valence-electron chi connectivity index (χ3n) is 4.67. The van der Waals surface area contributed by atoms with Gasteiger partial charge in [0.05, 0.1) is 19.9 Å². The molecule has 0 fully saturated rings. The lowest BCUT2D eigenvalue weighted by Gasteiger charge is -2.16. The summed E-state index contributed by atoms with van der Waals surface area (Å²) < 4.78 is 22.3. The molecule has 9 nitrogen and oxygen atoms in total. The fourth-order valence-corrected chi connectivity index (χ4v) is 3.60. The second-order valence-corrected chi connectivity index (χ2v) is 7.35. The van der Waals surface area contributed by atoms with E-state index < -0.39 is 11.9 Å². The summed E-state index contributed by atoms with van der Waals surface area (Å²) in [6, 6.07) is 10.5. The van der Waals surface area contributed by atoms with Crippen LogP contribution in [0.3, 0.4) is 0 Å². The SMILES string of the molecule is COc1cc(-c2coc(C(=O)C(OC)c3ccc(N(N)/C=C\N)cc3)n2)cc(OC)c1Br. The molecular weight excluding hydrogens is 480 g/mol. The van der Waals surface area contributed by atoms with Gasteiger partial charge >= 0.3 is 0 Å². The smallest absolute Gasteiger partial charge is 0.266 e. The molecule has 0 bridgehead atoms. The van der Waals surface area contributed by atoms with Crippen LogP contribution in [0.4, 0.5) is 5.69 Å². The molecule has 1 aromatic heterocycles. The van der Waals surface area contributed by atoms with Crippen molar-refractivity contribution in [3.05, 3.63) is 71.0 Å². The van der Waals surface area contributed by atoms with Crippen molar-refractivity contribution in [3.63, 3.8) is 0 Å². The number of ketones is 1. The first-order valence-corrected chi connectivity index (χ1v) is 10.2. The Kier molecular flexibility index (Phi) is 7.52. The van der Waals surface area contributed by atoms with Gasteiger partial charge in [-0.05, 0) is 45.8 Å². The number of ether oxygens (including phenoxy) is 3. The van der Waals surface area contributed by atoms with Crippen molar-refractivity contribution >= 4 is 27.4 Å². The van der Waals surface area contributed by atoms with E-state index >= 15 is 0 Å². The summed E-state index contributed by atoms with van der Waals surface area (Å²) in [5.41, 5.74) is 7.79. The summed E-state index contributed by atoms with van der Waals surface area (Å²) in [4.78, 5) is 17.4. The van der Waals surface area contributed by atoms with Gasteiger partial charge in [-0.1, -0.05) is 12.1 Å². The van der Waals surface area contributed by atoms with Gasteiger partial charge in [-0.25, -0.2) is 10.8 Å². The molecule has 0 aliphatic rings. The number of rotatable bonds is 9. The molecule has 3 aromatic rings. The zero-order chi connectivity index (χ0) is 23.3. The van der Waals surface area contributed by atoms with Crippen LogP contribution in [0.15, 0.2) is 64.0 Å². The first-order valence-electron chi connectivity index (χ1n) is 9.40. The molecule has 10 heteroatoms. The Morgan fingerprint density at radius 1 is 1.16 bits per heavy atom. The highest BCUT2D eigenvalue weighted by Gasteiger charge is 2.27. The van der Waals surface area contributed by atoms with Crippen LogP contribution in [-0.2, 0) is 4.74 Å². The molecule has 1 heterocycles. The monoisotopic (exact) mass is 502 g/mol. The van der Waals surface area contributed by atoms with Crippen LogP contribution >= 0.6 is 15.9 Å². The second kappa shape index (κ2) is 10.3. The van der Waals surface area contributed by atoms with Gasteiger partial charge in [0.2, 0.25) is 0 Å². The number of nitrogens with zero attached hydrogens (tertiary/aromatic N) is 2. The molecule has 4 N–H and O–H groups in total. The summed E-state index contributed by atoms with van der Waals surface area (Å²) in [5.74, 6) is 6.46. The van der Waals surface area contributed by atoms with E-state index in [1.54, 1.807) is 50.6 Å². The zero-order valence-electron chi connectivity index (χ0n) is 17.7. The Balaban J connectivity index is 1.87. The van der Waals surface area contributed by atoms with Gasteiger partial charge in [-0.15, -0.1) is 0 Å². The minimum Gasteiger partial charge on any atom is -0.495 e. The molecule has 1 unspecified atom stereocenters. The molecule has 32 heavy (non-hydrogen) atoms. The van der Waals surface area contributed by atoms with Crippen molar-refractivity contribution in [1.29, 1.82) is 0 Å². The molecular formula is C22H23BrN4O5. The molecule has 0 aliphatic heterocycles. The average Bonchev–Trinajstić information content (AvgIpc) is 3.30. The molecule has 0 amide bonds. The minimum atomic E-state index is -0.902. The molecule has 0 saturated heterocycles. The number of anilines is 1. The lowest BCUT2D eigenvalue weighted by molar-refractivity contribution is 0.0569. The van der Waals surface area contributed by atoms with Gasteiger partial charge in [-0.3, -0.25) is 9.80 Å². The molecule has 0 aliphatic carbocycles. The van der Waals surface area contributed by atoms with Crippen LogP contribution in [0.1, 0.15) is 22.4 Å². The van der Waals surface area contributed by atoms with E-state index in [-0.39, 0.29) is 5.89 Å². The van der Waals surface area contributed by atoms with E-state index in [9.17, 15) is 4.79 Å². The topological polar surface area (TPSA) is 126 Å². The molecule has 0 saturated carbocycles. The minimum absolute atomic E-state index is 0.0803. The lowest BCUT2D eigenvalue weighted by Crippen LogP contribution is -2.24. The number of carbonyl (C=O) groups is 1. The first kappa shape index (κ1) is 23.3. The number of halogens is 1. The Labute approximate surface area is 193 Å². The molecule has 1 atom stereocenters. The van der Waals surface area contributed by atoms with Crippen molar-refractivity contribution in [1.82, 2.24) is 4.98 Å². The van der Waals surface area contributed by atoms with Gasteiger partial charge in [-0.2, -0.15) is 0 Å². The molecule has 168 valence electrons. The number of aromatic nitrogens is 1. The third kappa shape index (κ3) is 4.77. The summed E-state index contributed by atoms with van der Waals surface area (Å²) >= 11 is 3.43. The Morgan fingerprint density at radius 3 is 2.31 bits per heavy atom. The quantitative estimate of drug-likeness (QED) is 0.255. The number of Topliss-reactive ketones (excluding diaryl/α,β-unsaturated/α-hetero) is 1. The Bertz CT molecular complexity index is 1090. The fraction of sp³-hybridized carbons (Fsp3) is 0.182. The normalized spacial score (nSPS) is 12.0. The maximum atomic E-state index is 13.0. The van der Waals surface area contributed by atoms with Crippen molar-refractivity contribution in [2.75, 3.05) is 26.3 Å². The summed E-state index contributed by atoms with van der Waals surface area (Å²) in [7, 11) is 4.54. The average molecular weight is 503 g/mol. The predicted molar refractivity (Wildman–Crippen MR) is 123 cm³/mol. The Hall–Kier alpha value is -3.34. The van der Waals surface area contributed by atoms with Crippen LogP contribution in [0.2, 0.25) is 0 Å². The number of hydrogen-bond donors (Lipinski definition) is 2. The highest BCUT2D eigenvalue weighted by Crippen LogP contribution is 2.39. The van der Waals surface area contributed by atoms with Crippen LogP contribution in [0.25, 0.3) is 11.3 Å². The number of oxazole rings is 1. The van der Waals surface area contributed by atoms with Gasteiger partial charge in [0.15, 0.2) is 6.10 Å². The van der Waals surface area contributed by atoms with E-state index in [2.05, 4.69) is 20.9 Å². The van der Waals surface area contributed by atoms with Crippen molar-refractivity contribution in [3.8, 4) is 22.8 Å². The van der Waals surface area contributed by atoms with Gasteiger partial charge in [0, 0.05) is 25.1 Å². The van der Waals surface area contributed by atoms with E-state index in [1.807, 2.05) is 0 Å². The molecule has 3 rings (SSSR count). The second-order valence-electron chi connectivity index (χ2n) is 6.55. The van der Waals surface area contributed by atoms with E-state index in [1.165, 1.54) is 30.8 Å². The third-order valence-corrected chi connectivity index (χ3v) is 5.45. The van der Waals surface area contributed by atoms with Crippen LogP contribution in [-0.4, -0.2) is 32.1 Å². The van der Waals surface area contributed by atoms with Gasteiger partial charge < -0.3 is 24.4 Å². The Morgan fingerprint density at radius 2 is 1.78 bits per heavy atom. The van der Waals surface area contributed by atoms with Crippen LogP contribution in [0.5, 0.6) is 11.5 Å². The standard InChI is InChI=1S/C22H23BrN4O5/c1-29-17-10-14(11-18(30-2)19(17)23)16-12-32-22(26-16)20(28)21(31-3)13-4-6-15(7-5-13)27(25)9-8-24/h4-12,21H,24-25H2,1-3H3/b9-8-. The number of benzene rings is 2. The maximum Gasteiger partial charge on any atom is 0.266 e. The van der Waals surface area contributed by atoms with E-state index in [0.29, 0.717) is 38.5 Å². The largest absolute Gasteiger partial charge is 0.495 e. The number of methoxy groups -OCH3 is 3. The number of hydrazine groups is 1. The number of hydrogen-bond acceptors (Lipinski definition) is 9. The molecule has 0 radical (unpaired) electrons. The summed E-state index contributed by atoms with van der Waals surface area (Å²) in [6.45, 7) is 0. The predicted octanol–water partition coefficient (Wildman–Crippen LogP) is 3.80. The van der Waals surface area contributed by atoms with E-state index in [0.717, 1.165) is 0 Å². The van der Waals surface area contributed by atoms with Crippen molar-refractivity contribution in [2.45, 2.75) is 6.10 Å². The van der Waals surface area contributed by atoms with Crippen LogP contribution < -0.4 is 26.1 Å². The lowest BCUT2D eigenvalue weighted by atomic mass is 10.0. The number of nitrogens with two attached hydrogens (primary N) is 2.